The number of nitrogens with one attached hydrogen (secondary N) is 1. The van der Waals surface area contributed by atoms with Gasteiger partial charge in [-0.1, -0.05) is 49.6 Å². The van der Waals surface area contributed by atoms with Gasteiger partial charge in [0.2, 0.25) is 0 Å². The van der Waals surface area contributed by atoms with Crippen LogP contribution in [0.2, 0.25) is 0 Å². The van der Waals surface area contributed by atoms with Crippen LogP contribution in [0.5, 0.6) is 11.5 Å². The maximum Gasteiger partial charge on any atom is 0.128 e. The monoisotopic (exact) mass is 336 g/mol. The van der Waals surface area contributed by atoms with Crippen LogP contribution in [0.25, 0.3) is 0 Å². The number of hydrogen-bond acceptors (Lipinski definition) is 3. The third-order valence-corrected chi connectivity index (χ3v) is 4.58. The Balaban J connectivity index is 1.40. The quantitative estimate of drug-likeness (QED) is 0.530. The molecule has 1 fully saturated rings. The average molecular weight is 336 g/mol. The van der Waals surface area contributed by atoms with Crippen molar-refractivity contribution < 1.29 is 4.74 Å². The molecular formula is C22H28N2O. The molecule has 0 spiro atoms. The number of benzene rings is 2. The van der Waals surface area contributed by atoms with E-state index in [1.54, 1.807) is 0 Å². The normalized spacial score (nSPS) is 15.5. The fourth-order valence-corrected chi connectivity index (χ4v) is 3.24. The SMILES string of the molecule is C(=NCCCNC1CCCCC1)c1cccc(Oc2ccccc2)c1. The predicted octanol–water partition coefficient (Wildman–Crippen LogP) is 5.21. The minimum Gasteiger partial charge on any atom is -0.457 e. The van der Waals surface area contributed by atoms with Crippen LogP contribution in [-0.2, 0) is 0 Å². The number of aliphatic imine (C=N–C) groups is 1. The zero-order valence-electron chi connectivity index (χ0n) is 14.9. The summed E-state index contributed by atoms with van der Waals surface area (Å²) < 4.78 is 5.86. The standard InChI is InChI=1S/C22H28N2O/c1-3-10-20(11-4-1)24-16-8-15-23-18-19-9-7-14-22(17-19)25-21-12-5-2-6-13-21/h2,5-7,9,12-14,17-18,20,24H,1,3-4,8,10-11,15-16H2. The van der Waals surface area contributed by atoms with E-state index < -0.39 is 0 Å². The van der Waals surface area contributed by atoms with E-state index in [9.17, 15) is 0 Å². The fraction of sp³-hybridized carbons (Fsp3) is 0.409. The molecular weight excluding hydrogens is 308 g/mol. The zero-order chi connectivity index (χ0) is 17.2. The number of rotatable bonds is 8. The summed E-state index contributed by atoms with van der Waals surface area (Å²) in [6.45, 7) is 1.93. The molecule has 1 aliphatic rings. The lowest BCUT2D eigenvalue weighted by atomic mass is 9.95. The van der Waals surface area contributed by atoms with Gasteiger partial charge in [-0.15, -0.1) is 0 Å². The molecule has 1 aliphatic carbocycles. The second-order valence-electron chi connectivity index (χ2n) is 6.67. The highest BCUT2D eigenvalue weighted by Gasteiger charge is 2.11. The van der Waals surface area contributed by atoms with Gasteiger partial charge in [-0.2, -0.15) is 0 Å². The highest BCUT2D eigenvalue weighted by molar-refractivity contribution is 5.80. The Kier molecular flexibility index (Phi) is 7.07. The van der Waals surface area contributed by atoms with Crippen LogP contribution in [-0.4, -0.2) is 25.3 Å². The molecule has 3 nitrogen and oxygen atoms in total. The Morgan fingerprint density at radius 2 is 1.76 bits per heavy atom. The molecule has 132 valence electrons. The van der Waals surface area contributed by atoms with Gasteiger partial charge in [0.15, 0.2) is 0 Å². The predicted molar refractivity (Wildman–Crippen MR) is 105 cm³/mol. The minimum atomic E-state index is 0.740. The van der Waals surface area contributed by atoms with Gasteiger partial charge < -0.3 is 10.1 Å². The lowest BCUT2D eigenvalue weighted by Gasteiger charge is -2.22. The summed E-state index contributed by atoms with van der Waals surface area (Å²) in [6, 6.07) is 18.6. The zero-order valence-corrected chi connectivity index (χ0v) is 14.9. The van der Waals surface area contributed by atoms with Crippen molar-refractivity contribution in [3.63, 3.8) is 0 Å². The molecule has 0 heterocycles. The van der Waals surface area contributed by atoms with Crippen LogP contribution in [0, 0.1) is 0 Å². The van der Waals surface area contributed by atoms with E-state index in [4.69, 9.17) is 4.74 Å². The van der Waals surface area contributed by atoms with Crippen LogP contribution in [0.3, 0.4) is 0 Å². The Morgan fingerprint density at radius 1 is 0.960 bits per heavy atom. The topological polar surface area (TPSA) is 33.6 Å². The maximum atomic E-state index is 5.86. The van der Waals surface area contributed by atoms with E-state index in [1.165, 1.54) is 32.1 Å². The second kappa shape index (κ2) is 10.00. The average Bonchev–Trinajstić information content (AvgIpc) is 2.66. The van der Waals surface area contributed by atoms with Crippen molar-refractivity contribution in [3.05, 3.63) is 60.2 Å². The molecule has 3 heteroatoms. The van der Waals surface area contributed by atoms with Gasteiger partial charge in [-0.05, 0) is 55.6 Å². The molecule has 1 N–H and O–H groups in total. The molecule has 0 unspecified atom stereocenters. The summed E-state index contributed by atoms with van der Waals surface area (Å²) in [4.78, 5) is 4.55. The van der Waals surface area contributed by atoms with Crippen LogP contribution < -0.4 is 10.1 Å². The molecule has 0 bridgehead atoms. The highest BCUT2D eigenvalue weighted by atomic mass is 16.5. The summed E-state index contributed by atoms with van der Waals surface area (Å²) in [5.41, 5.74) is 1.08. The molecule has 0 saturated heterocycles. The molecule has 25 heavy (non-hydrogen) atoms. The summed E-state index contributed by atoms with van der Waals surface area (Å²) in [6.07, 6.45) is 9.91. The van der Waals surface area contributed by atoms with Gasteiger partial charge in [0.05, 0.1) is 0 Å². The molecule has 0 atom stereocenters. The van der Waals surface area contributed by atoms with E-state index in [1.807, 2.05) is 54.7 Å². The summed E-state index contributed by atoms with van der Waals surface area (Å²) >= 11 is 0. The van der Waals surface area contributed by atoms with Gasteiger partial charge in [0.25, 0.3) is 0 Å². The van der Waals surface area contributed by atoms with Crippen molar-refractivity contribution in [1.82, 2.24) is 5.32 Å². The Morgan fingerprint density at radius 3 is 2.60 bits per heavy atom. The molecule has 2 aromatic rings. The van der Waals surface area contributed by atoms with Crippen molar-refractivity contribution in [2.75, 3.05) is 13.1 Å². The van der Waals surface area contributed by atoms with Gasteiger partial charge in [-0.3, -0.25) is 4.99 Å². The van der Waals surface area contributed by atoms with Gasteiger partial charge in [-0.25, -0.2) is 0 Å². The van der Waals surface area contributed by atoms with Crippen molar-refractivity contribution in [2.24, 2.45) is 4.99 Å². The highest BCUT2D eigenvalue weighted by Crippen LogP contribution is 2.21. The summed E-state index contributed by atoms with van der Waals surface area (Å²) in [5.74, 6) is 1.69. The van der Waals surface area contributed by atoms with Crippen LogP contribution in [0.4, 0.5) is 0 Å². The molecule has 0 amide bonds. The van der Waals surface area contributed by atoms with Gasteiger partial charge >= 0.3 is 0 Å². The van der Waals surface area contributed by atoms with Crippen molar-refractivity contribution >= 4 is 6.21 Å². The first-order chi connectivity index (χ1) is 12.4. The van der Waals surface area contributed by atoms with E-state index in [-0.39, 0.29) is 0 Å². The number of hydrogen-bond donors (Lipinski definition) is 1. The summed E-state index contributed by atoms with van der Waals surface area (Å²) in [5, 5.41) is 3.66. The molecule has 2 aromatic carbocycles. The fourth-order valence-electron chi connectivity index (χ4n) is 3.24. The Hall–Kier alpha value is -2.13. The van der Waals surface area contributed by atoms with E-state index >= 15 is 0 Å². The molecule has 0 aliphatic heterocycles. The molecule has 3 rings (SSSR count). The van der Waals surface area contributed by atoms with Crippen LogP contribution in [0.15, 0.2) is 59.6 Å². The Bertz CT molecular complexity index is 648. The first kappa shape index (κ1) is 17.7. The lowest BCUT2D eigenvalue weighted by molar-refractivity contribution is 0.373. The number of nitrogens with zero attached hydrogens (tertiary/aromatic N) is 1. The van der Waals surface area contributed by atoms with E-state index in [0.29, 0.717) is 0 Å². The molecule has 0 aromatic heterocycles. The maximum absolute atomic E-state index is 5.86. The van der Waals surface area contributed by atoms with Crippen molar-refractivity contribution in [3.8, 4) is 11.5 Å². The number of ether oxygens (including phenoxy) is 1. The number of para-hydroxylation sites is 1. The smallest absolute Gasteiger partial charge is 0.128 e. The lowest BCUT2D eigenvalue weighted by Crippen LogP contribution is -2.31. The molecule has 1 saturated carbocycles. The first-order valence-electron chi connectivity index (χ1n) is 9.46. The van der Waals surface area contributed by atoms with E-state index in [2.05, 4.69) is 16.4 Å². The van der Waals surface area contributed by atoms with Gasteiger partial charge in [0, 0.05) is 18.8 Å². The second-order valence-corrected chi connectivity index (χ2v) is 6.67. The van der Waals surface area contributed by atoms with Gasteiger partial charge in [0.1, 0.15) is 11.5 Å². The summed E-state index contributed by atoms with van der Waals surface area (Å²) in [7, 11) is 0. The third kappa shape index (κ3) is 6.35. The first-order valence-corrected chi connectivity index (χ1v) is 9.46. The van der Waals surface area contributed by atoms with Crippen LogP contribution in [0.1, 0.15) is 44.1 Å². The minimum absolute atomic E-state index is 0.740. The van der Waals surface area contributed by atoms with Crippen molar-refractivity contribution in [1.29, 1.82) is 0 Å². The largest absolute Gasteiger partial charge is 0.457 e. The van der Waals surface area contributed by atoms with Crippen LogP contribution >= 0.6 is 0 Å². The van der Waals surface area contributed by atoms with E-state index in [0.717, 1.165) is 42.6 Å². The Labute approximate surface area is 151 Å². The molecule has 0 radical (unpaired) electrons. The van der Waals surface area contributed by atoms with Crippen molar-refractivity contribution in [2.45, 2.75) is 44.6 Å². The third-order valence-electron chi connectivity index (χ3n) is 4.58.